The summed E-state index contributed by atoms with van der Waals surface area (Å²) >= 11 is 5.92. The molecule has 0 radical (unpaired) electrons. The van der Waals surface area contributed by atoms with E-state index in [0.29, 0.717) is 5.02 Å². The summed E-state index contributed by atoms with van der Waals surface area (Å²) in [6.07, 6.45) is 3.37. The summed E-state index contributed by atoms with van der Waals surface area (Å²) in [5.41, 5.74) is 10.1. The molecule has 0 aliphatic heterocycles. The van der Waals surface area contributed by atoms with Gasteiger partial charge in [0.25, 0.3) is 0 Å². The molecule has 0 bridgehead atoms. The zero-order valence-electron chi connectivity index (χ0n) is 10.6. The molecular weight excluding hydrogens is 270 g/mol. The first kappa shape index (κ1) is 12.6. The fraction of sp³-hybridized carbons (Fsp3) is 0. The normalized spacial score (nSPS) is 10.4. The Labute approximate surface area is 122 Å². The van der Waals surface area contributed by atoms with Crippen LogP contribution in [0.4, 0.5) is 5.69 Å². The standard InChI is InChI=1S/C16H12ClN3/c17-13-5-1-11(2-6-13)15-16(20-10-9-19-15)12-3-7-14(18)8-4-12/h1-10H,18H2. The number of nitrogens with zero attached hydrogens (tertiary/aromatic N) is 2. The first-order valence-corrected chi connectivity index (χ1v) is 6.55. The SMILES string of the molecule is Nc1ccc(-c2nccnc2-c2ccc(Cl)cc2)cc1. The number of hydrogen-bond acceptors (Lipinski definition) is 3. The average Bonchev–Trinajstić information content (AvgIpc) is 2.49. The van der Waals surface area contributed by atoms with Crippen molar-refractivity contribution in [3.63, 3.8) is 0 Å². The lowest BCUT2D eigenvalue weighted by Crippen LogP contribution is -1.92. The second kappa shape index (κ2) is 5.31. The molecule has 0 unspecified atom stereocenters. The summed E-state index contributed by atoms with van der Waals surface area (Å²) in [5, 5.41) is 0.701. The molecule has 1 aromatic heterocycles. The van der Waals surface area contributed by atoms with Crippen LogP contribution in [0.25, 0.3) is 22.5 Å². The first-order valence-electron chi connectivity index (χ1n) is 6.17. The van der Waals surface area contributed by atoms with E-state index in [2.05, 4.69) is 9.97 Å². The predicted molar refractivity (Wildman–Crippen MR) is 82.3 cm³/mol. The third-order valence-electron chi connectivity index (χ3n) is 3.00. The van der Waals surface area contributed by atoms with Gasteiger partial charge in [0.1, 0.15) is 0 Å². The molecule has 3 aromatic rings. The van der Waals surface area contributed by atoms with Gasteiger partial charge in [0.15, 0.2) is 0 Å². The van der Waals surface area contributed by atoms with Crippen molar-refractivity contribution in [1.82, 2.24) is 9.97 Å². The Morgan fingerprint density at radius 2 is 1.15 bits per heavy atom. The van der Waals surface area contributed by atoms with Crippen molar-refractivity contribution >= 4 is 17.3 Å². The van der Waals surface area contributed by atoms with Crippen molar-refractivity contribution in [1.29, 1.82) is 0 Å². The maximum Gasteiger partial charge on any atom is 0.0965 e. The van der Waals surface area contributed by atoms with Crippen LogP contribution in [0, 0.1) is 0 Å². The summed E-state index contributed by atoms with van der Waals surface area (Å²) < 4.78 is 0. The number of aromatic nitrogens is 2. The Kier molecular flexibility index (Phi) is 3.35. The molecule has 20 heavy (non-hydrogen) atoms. The second-order valence-corrected chi connectivity index (χ2v) is 4.82. The molecule has 0 fully saturated rings. The minimum absolute atomic E-state index is 0.701. The fourth-order valence-electron chi connectivity index (χ4n) is 2.01. The minimum Gasteiger partial charge on any atom is -0.399 e. The molecule has 0 atom stereocenters. The topological polar surface area (TPSA) is 51.8 Å². The van der Waals surface area contributed by atoms with E-state index in [1.54, 1.807) is 12.4 Å². The van der Waals surface area contributed by atoms with Crippen LogP contribution >= 0.6 is 11.6 Å². The molecule has 0 saturated carbocycles. The highest BCUT2D eigenvalue weighted by atomic mass is 35.5. The largest absolute Gasteiger partial charge is 0.399 e. The molecule has 0 spiro atoms. The van der Waals surface area contributed by atoms with Crippen LogP contribution in [0.1, 0.15) is 0 Å². The Balaban J connectivity index is 2.13. The van der Waals surface area contributed by atoms with Gasteiger partial charge in [-0.1, -0.05) is 35.9 Å². The summed E-state index contributed by atoms with van der Waals surface area (Å²) in [4.78, 5) is 8.88. The molecule has 0 aliphatic carbocycles. The van der Waals surface area contributed by atoms with Crippen LogP contribution in [0.5, 0.6) is 0 Å². The van der Waals surface area contributed by atoms with Crippen molar-refractivity contribution < 1.29 is 0 Å². The van der Waals surface area contributed by atoms with Gasteiger partial charge in [0, 0.05) is 34.2 Å². The van der Waals surface area contributed by atoms with Crippen molar-refractivity contribution in [2.75, 3.05) is 5.73 Å². The monoisotopic (exact) mass is 281 g/mol. The fourth-order valence-corrected chi connectivity index (χ4v) is 2.14. The molecule has 2 aromatic carbocycles. The van der Waals surface area contributed by atoms with Crippen LogP contribution in [0.15, 0.2) is 60.9 Å². The van der Waals surface area contributed by atoms with Gasteiger partial charge in [-0.05, 0) is 24.3 Å². The number of benzene rings is 2. The number of halogens is 1. The van der Waals surface area contributed by atoms with Gasteiger partial charge in [0.05, 0.1) is 11.4 Å². The van der Waals surface area contributed by atoms with Gasteiger partial charge in [-0.15, -0.1) is 0 Å². The van der Waals surface area contributed by atoms with Gasteiger partial charge in [-0.2, -0.15) is 0 Å². The lowest BCUT2D eigenvalue weighted by atomic mass is 10.0. The minimum atomic E-state index is 0.701. The van der Waals surface area contributed by atoms with Gasteiger partial charge >= 0.3 is 0 Å². The predicted octanol–water partition coefficient (Wildman–Crippen LogP) is 4.05. The molecule has 1 heterocycles. The van der Waals surface area contributed by atoms with Crippen molar-refractivity contribution in [2.24, 2.45) is 0 Å². The Morgan fingerprint density at radius 1 is 0.700 bits per heavy atom. The first-order chi connectivity index (χ1) is 9.74. The van der Waals surface area contributed by atoms with Crippen molar-refractivity contribution in [3.8, 4) is 22.5 Å². The van der Waals surface area contributed by atoms with Crippen LogP contribution in [0.2, 0.25) is 5.02 Å². The lowest BCUT2D eigenvalue weighted by molar-refractivity contribution is 1.21. The number of rotatable bonds is 2. The van der Waals surface area contributed by atoms with E-state index < -0.39 is 0 Å². The average molecular weight is 282 g/mol. The van der Waals surface area contributed by atoms with Gasteiger partial charge in [0.2, 0.25) is 0 Å². The summed E-state index contributed by atoms with van der Waals surface area (Å²) in [6, 6.07) is 15.2. The summed E-state index contributed by atoms with van der Waals surface area (Å²) in [7, 11) is 0. The van der Waals surface area contributed by atoms with E-state index in [9.17, 15) is 0 Å². The Hall–Kier alpha value is -2.39. The van der Waals surface area contributed by atoms with Gasteiger partial charge < -0.3 is 5.73 Å². The molecule has 0 aliphatic rings. The Morgan fingerprint density at radius 3 is 1.65 bits per heavy atom. The molecule has 2 N–H and O–H groups in total. The van der Waals surface area contributed by atoms with E-state index in [1.165, 1.54) is 0 Å². The highest BCUT2D eigenvalue weighted by Crippen LogP contribution is 2.29. The lowest BCUT2D eigenvalue weighted by Gasteiger charge is -2.08. The molecule has 0 amide bonds. The number of nitrogen functional groups attached to an aromatic ring is 1. The Bertz CT molecular complexity index is 657. The summed E-state index contributed by atoms with van der Waals surface area (Å²) in [5.74, 6) is 0. The molecular formula is C16H12ClN3. The third kappa shape index (κ3) is 2.49. The zero-order valence-corrected chi connectivity index (χ0v) is 11.4. The number of anilines is 1. The van der Waals surface area contributed by atoms with Crippen molar-refractivity contribution in [2.45, 2.75) is 0 Å². The van der Waals surface area contributed by atoms with Crippen LogP contribution in [0.3, 0.4) is 0 Å². The number of nitrogens with two attached hydrogens (primary N) is 1. The van der Waals surface area contributed by atoms with E-state index >= 15 is 0 Å². The van der Waals surface area contributed by atoms with Crippen molar-refractivity contribution in [3.05, 3.63) is 65.9 Å². The molecule has 4 heteroatoms. The number of hydrogen-bond donors (Lipinski definition) is 1. The van der Waals surface area contributed by atoms with E-state index in [1.807, 2.05) is 48.5 Å². The molecule has 3 rings (SSSR count). The highest BCUT2D eigenvalue weighted by molar-refractivity contribution is 6.30. The molecule has 3 nitrogen and oxygen atoms in total. The highest BCUT2D eigenvalue weighted by Gasteiger charge is 2.09. The van der Waals surface area contributed by atoms with Gasteiger partial charge in [-0.3, -0.25) is 9.97 Å². The second-order valence-electron chi connectivity index (χ2n) is 4.38. The smallest absolute Gasteiger partial charge is 0.0965 e. The maximum absolute atomic E-state index is 5.92. The molecule has 98 valence electrons. The van der Waals surface area contributed by atoms with Crippen LogP contribution in [-0.2, 0) is 0 Å². The maximum atomic E-state index is 5.92. The molecule has 0 saturated heterocycles. The van der Waals surface area contributed by atoms with E-state index in [-0.39, 0.29) is 0 Å². The van der Waals surface area contributed by atoms with Crippen LogP contribution < -0.4 is 5.73 Å². The third-order valence-corrected chi connectivity index (χ3v) is 3.25. The van der Waals surface area contributed by atoms with E-state index in [4.69, 9.17) is 17.3 Å². The van der Waals surface area contributed by atoms with E-state index in [0.717, 1.165) is 28.2 Å². The van der Waals surface area contributed by atoms with Crippen LogP contribution in [-0.4, -0.2) is 9.97 Å². The summed E-state index contributed by atoms with van der Waals surface area (Å²) in [6.45, 7) is 0. The van der Waals surface area contributed by atoms with Gasteiger partial charge in [-0.25, -0.2) is 0 Å². The quantitative estimate of drug-likeness (QED) is 0.721. The zero-order chi connectivity index (χ0) is 13.9.